The second-order valence-electron chi connectivity index (χ2n) is 5.41. The van der Waals surface area contributed by atoms with Crippen LogP contribution in [0, 0.1) is 6.92 Å². The number of carbonyl (C=O) groups excluding carboxylic acids is 1. The Hall–Kier alpha value is -2.75. The maximum Gasteiger partial charge on any atom is 0.244 e. The molecule has 0 saturated carbocycles. The van der Waals surface area contributed by atoms with E-state index in [9.17, 15) is 4.79 Å². The third-order valence-corrected chi connectivity index (χ3v) is 3.78. The molecule has 3 rings (SSSR count). The van der Waals surface area contributed by atoms with Gasteiger partial charge in [-0.1, -0.05) is 30.3 Å². The van der Waals surface area contributed by atoms with Crippen molar-refractivity contribution < 1.29 is 9.53 Å². The molecule has 0 radical (unpaired) electrons. The summed E-state index contributed by atoms with van der Waals surface area (Å²) in [6.45, 7) is 4.78. The van der Waals surface area contributed by atoms with Crippen LogP contribution in [0.3, 0.4) is 0 Å². The number of nitrogens with one attached hydrogen (secondary N) is 1. The molecule has 1 heterocycles. The second-order valence-corrected chi connectivity index (χ2v) is 5.41. The Morgan fingerprint density at radius 2 is 1.87 bits per heavy atom. The number of anilines is 1. The molecule has 3 aromatic rings. The molecule has 0 aliphatic carbocycles. The van der Waals surface area contributed by atoms with Crippen LogP contribution in [0.1, 0.15) is 12.6 Å². The van der Waals surface area contributed by atoms with Gasteiger partial charge < -0.3 is 14.6 Å². The van der Waals surface area contributed by atoms with Crippen molar-refractivity contribution >= 4 is 22.5 Å². The fourth-order valence-corrected chi connectivity index (χ4v) is 2.74. The highest BCUT2D eigenvalue weighted by Gasteiger charge is 2.11. The third-order valence-electron chi connectivity index (χ3n) is 3.78. The van der Waals surface area contributed by atoms with Crippen molar-refractivity contribution in [1.82, 2.24) is 4.57 Å². The topological polar surface area (TPSA) is 43.3 Å². The molecule has 0 unspecified atom stereocenters. The summed E-state index contributed by atoms with van der Waals surface area (Å²) in [7, 11) is 0. The van der Waals surface area contributed by atoms with E-state index in [0.29, 0.717) is 18.0 Å². The molecule has 0 fully saturated rings. The van der Waals surface area contributed by atoms with Gasteiger partial charge in [-0.25, -0.2) is 0 Å². The van der Waals surface area contributed by atoms with E-state index in [1.54, 1.807) is 0 Å². The Morgan fingerprint density at radius 3 is 2.70 bits per heavy atom. The molecule has 4 heteroatoms. The molecule has 1 N–H and O–H groups in total. The van der Waals surface area contributed by atoms with Crippen molar-refractivity contribution in [1.29, 1.82) is 0 Å². The molecule has 0 saturated heterocycles. The van der Waals surface area contributed by atoms with E-state index < -0.39 is 0 Å². The Bertz CT molecular complexity index is 836. The number of ether oxygens (including phenoxy) is 1. The van der Waals surface area contributed by atoms with Crippen LogP contribution in [0.4, 0.5) is 5.69 Å². The summed E-state index contributed by atoms with van der Waals surface area (Å²) < 4.78 is 7.57. The van der Waals surface area contributed by atoms with Crippen LogP contribution >= 0.6 is 0 Å². The molecular formula is C19H20N2O2. The van der Waals surface area contributed by atoms with E-state index in [0.717, 1.165) is 16.6 Å². The molecule has 0 atom stereocenters. The standard InChI is InChI=1S/C19H20N2O2/c1-3-23-18-11-7-5-9-16(18)20-19(22)13-21-14(2)12-15-8-4-6-10-17(15)21/h4-12H,3,13H2,1-2H3,(H,20,22). The average molecular weight is 308 g/mol. The first-order chi connectivity index (χ1) is 11.2. The fourth-order valence-electron chi connectivity index (χ4n) is 2.74. The molecule has 2 aromatic carbocycles. The number of amides is 1. The highest BCUT2D eigenvalue weighted by atomic mass is 16.5. The first-order valence-electron chi connectivity index (χ1n) is 7.75. The molecule has 1 amide bonds. The number of carbonyl (C=O) groups is 1. The van der Waals surface area contributed by atoms with Crippen molar-refractivity contribution in [2.45, 2.75) is 20.4 Å². The maximum atomic E-state index is 12.4. The first-order valence-corrected chi connectivity index (χ1v) is 7.75. The zero-order chi connectivity index (χ0) is 16.2. The summed E-state index contributed by atoms with van der Waals surface area (Å²) in [5.74, 6) is 0.624. The molecule has 1 aromatic heterocycles. The largest absolute Gasteiger partial charge is 0.492 e. The highest BCUT2D eigenvalue weighted by Crippen LogP contribution is 2.24. The number of hydrogen-bond donors (Lipinski definition) is 1. The van der Waals surface area contributed by atoms with Gasteiger partial charge in [0.15, 0.2) is 0 Å². The monoisotopic (exact) mass is 308 g/mol. The molecule has 0 spiro atoms. The van der Waals surface area contributed by atoms with Gasteiger partial charge in [0.05, 0.1) is 12.3 Å². The van der Waals surface area contributed by atoms with Gasteiger partial charge in [-0.15, -0.1) is 0 Å². The number of aromatic nitrogens is 1. The summed E-state index contributed by atoms with van der Waals surface area (Å²) in [6.07, 6.45) is 0. The van der Waals surface area contributed by atoms with Crippen LogP contribution in [0.2, 0.25) is 0 Å². The van der Waals surface area contributed by atoms with Crippen molar-refractivity contribution in [3.05, 3.63) is 60.3 Å². The lowest BCUT2D eigenvalue weighted by Gasteiger charge is -2.12. The van der Waals surface area contributed by atoms with Crippen LogP contribution in [-0.2, 0) is 11.3 Å². The Morgan fingerprint density at radius 1 is 1.13 bits per heavy atom. The summed E-state index contributed by atoms with van der Waals surface area (Å²) in [6, 6.07) is 17.7. The predicted molar refractivity (Wildman–Crippen MR) is 92.9 cm³/mol. The molecule has 0 bridgehead atoms. The molecule has 0 aliphatic rings. The lowest BCUT2D eigenvalue weighted by atomic mass is 10.2. The molecule has 23 heavy (non-hydrogen) atoms. The van der Waals surface area contributed by atoms with Crippen molar-refractivity contribution in [2.75, 3.05) is 11.9 Å². The lowest BCUT2D eigenvalue weighted by Crippen LogP contribution is -2.19. The normalized spacial score (nSPS) is 10.7. The summed E-state index contributed by atoms with van der Waals surface area (Å²) in [5.41, 5.74) is 2.84. The summed E-state index contributed by atoms with van der Waals surface area (Å²) >= 11 is 0. The summed E-state index contributed by atoms with van der Waals surface area (Å²) in [4.78, 5) is 12.4. The third kappa shape index (κ3) is 3.21. The van der Waals surface area contributed by atoms with E-state index in [-0.39, 0.29) is 12.5 Å². The maximum absolute atomic E-state index is 12.4. The van der Waals surface area contributed by atoms with Gasteiger partial charge in [0.1, 0.15) is 12.3 Å². The van der Waals surface area contributed by atoms with E-state index >= 15 is 0 Å². The number of fused-ring (bicyclic) bond motifs is 1. The predicted octanol–water partition coefficient (Wildman–Crippen LogP) is 3.99. The van der Waals surface area contributed by atoms with Crippen molar-refractivity contribution in [3.63, 3.8) is 0 Å². The van der Waals surface area contributed by atoms with Gasteiger partial charge in [0, 0.05) is 11.2 Å². The SMILES string of the molecule is CCOc1ccccc1NC(=O)Cn1c(C)cc2ccccc21. The van der Waals surface area contributed by atoms with E-state index in [1.165, 1.54) is 0 Å². The zero-order valence-corrected chi connectivity index (χ0v) is 13.4. The average Bonchev–Trinajstić information content (AvgIpc) is 2.85. The molecular weight excluding hydrogens is 288 g/mol. The number of benzene rings is 2. The van der Waals surface area contributed by atoms with Crippen LogP contribution in [0.25, 0.3) is 10.9 Å². The minimum atomic E-state index is -0.0680. The van der Waals surface area contributed by atoms with Crippen LogP contribution < -0.4 is 10.1 Å². The van der Waals surface area contributed by atoms with E-state index in [1.807, 2.05) is 60.9 Å². The number of aryl methyl sites for hydroxylation is 1. The Labute approximate surface area is 135 Å². The Balaban J connectivity index is 1.81. The molecule has 0 aliphatic heterocycles. The Kier molecular flexibility index (Phi) is 4.33. The van der Waals surface area contributed by atoms with Gasteiger partial charge >= 0.3 is 0 Å². The zero-order valence-electron chi connectivity index (χ0n) is 13.4. The van der Waals surface area contributed by atoms with Gasteiger partial charge in [-0.3, -0.25) is 4.79 Å². The number of hydrogen-bond acceptors (Lipinski definition) is 2. The van der Waals surface area contributed by atoms with Gasteiger partial charge in [-0.2, -0.15) is 0 Å². The highest BCUT2D eigenvalue weighted by molar-refractivity contribution is 5.93. The van der Waals surface area contributed by atoms with Crippen LogP contribution in [0.5, 0.6) is 5.75 Å². The van der Waals surface area contributed by atoms with Gasteiger partial charge in [0.2, 0.25) is 5.91 Å². The van der Waals surface area contributed by atoms with Gasteiger partial charge in [-0.05, 0) is 43.5 Å². The van der Waals surface area contributed by atoms with Gasteiger partial charge in [0.25, 0.3) is 0 Å². The van der Waals surface area contributed by atoms with E-state index in [2.05, 4.69) is 17.4 Å². The lowest BCUT2D eigenvalue weighted by molar-refractivity contribution is -0.116. The number of nitrogens with zero attached hydrogens (tertiary/aromatic N) is 1. The second kappa shape index (κ2) is 6.57. The molecule has 4 nitrogen and oxygen atoms in total. The van der Waals surface area contributed by atoms with Crippen molar-refractivity contribution in [3.8, 4) is 5.75 Å². The molecule has 118 valence electrons. The fraction of sp³-hybridized carbons (Fsp3) is 0.211. The smallest absolute Gasteiger partial charge is 0.244 e. The number of para-hydroxylation sites is 3. The van der Waals surface area contributed by atoms with Crippen molar-refractivity contribution in [2.24, 2.45) is 0 Å². The van der Waals surface area contributed by atoms with Crippen LogP contribution in [-0.4, -0.2) is 17.1 Å². The minimum Gasteiger partial charge on any atom is -0.492 e. The van der Waals surface area contributed by atoms with Crippen LogP contribution in [0.15, 0.2) is 54.6 Å². The minimum absolute atomic E-state index is 0.0680. The summed E-state index contributed by atoms with van der Waals surface area (Å²) in [5, 5.41) is 4.09. The quantitative estimate of drug-likeness (QED) is 0.774. The first kappa shape index (κ1) is 15.2. The number of rotatable bonds is 5. The van der Waals surface area contributed by atoms with E-state index in [4.69, 9.17) is 4.74 Å².